The van der Waals surface area contributed by atoms with Crippen LogP contribution in [-0.2, 0) is 0 Å². The largest absolute Gasteiger partial charge is 0.573 e. The number of ether oxygens (including phenoxy) is 2. The van der Waals surface area contributed by atoms with Crippen LogP contribution in [0.1, 0.15) is 11.6 Å². The van der Waals surface area contributed by atoms with Gasteiger partial charge in [0.05, 0.1) is 6.04 Å². The van der Waals surface area contributed by atoms with Gasteiger partial charge in [0.15, 0.2) is 0 Å². The van der Waals surface area contributed by atoms with E-state index in [-0.39, 0.29) is 23.3 Å². The second-order valence-corrected chi connectivity index (χ2v) is 7.80. The summed E-state index contributed by atoms with van der Waals surface area (Å²) < 4.78 is 82.0. The number of nitrogens with zero attached hydrogens (tertiary/aromatic N) is 1. The van der Waals surface area contributed by atoms with Crippen LogP contribution in [-0.4, -0.2) is 43.3 Å². The summed E-state index contributed by atoms with van der Waals surface area (Å²) in [4.78, 5) is 14.6. The van der Waals surface area contributed by atoms with Crippen LogP contribution in [0.5, 0.6) is 11.5 Å². The second kappa shape index (κ2) is 8.65. The number of fused-ring (bicyclic) bond motifs is 1. The summed E-state index contributed by atoms with van der Waals surface area (Å²) in [5.74, 6) is -0.550. The molecule has 6 nitrogen and oxygen atoms in total. The van der Waals surface area contributed by atoms with Crippen LogP contribution in [0.2, 0.25) is 0 Å². The van der Waals surface area contributed by atoms with E-state index in [0.29, 0.717) is 25.2 Å². The fourth-order valence-electron chi connectivity index (χ4n) is 4.36. The van der Waals surface area contributed by atoms with Crippen molar-refractivity contribution in [2.75, 3.05) is 25.0 Å². The Balaban J connectivity index is 1.49. The minimum absolute atomic E-state index is 0.0627. The lowest BCUT2D eigenvalue weighted by Crippen LogP contribution is -2.37. The van der Waals surface area contributed by atoms with Crippen LogP contribution in [0.25, 0.3) is 0 Å². The summed E-state index contributed by atoms with van der Waals surface area (Å²) in [5.41, 5.74) is 0.933. The number of anilines is 1. The minimum atomic E-state index is -4.82. The maximum absolute atomic E-state index is 13.0. The lowest BCUT2D eigenvalue weighted by Gasteiger charge is -2.28. The van der Waals surface area contributed by atoms with Crippen molar-refractivity contribution in [3.63, 3.8) is 0 Å². The number of nitrogens with one attached hydrogen (secondary N) is 2. The van der Waals surface area contributed by atoms with Crippen molar-refractivity contribution in [3.05, 3.63) is 54.1 Å². The number of urea groups is 1. The average Bonchev–Trinajstić information content (AvgIpc) is 3.29. The lowest BCUT2D eigenvalue weighted by molar-refractivity contribution is -0.275. The van der Waals surface area contributed by atoms with Gasteiger partial charge in [0.1, 0.15) is 11.5 Å². The Hall–Kier alpha value is -3.15. The number of likely N-dealkylation sites (tertiary alicyclic amines) is 1. The van der Waals surface area contributed by atoms with E-state index in [2.05, 4.69) is 20.1 Å². The van der Waals surface area contributed by atoms with Gasteiger partial charge in [-0.25, -0.2) is 4.79 Å². The van der Waals surface area contributed by atoms with Gasteiger partial charge < -0.3 is 25.0 Å². The maximum Gasteiger partial charge on any atom is 0.573 e. The predicted molar refractivity (Wildman–Crippen MR) is 105 cm³/mol. The molecule has 2 heterocycles. The Bertz CT molecular complexity index is 979. The van der Waals surface area contributed by atoms with E-state index >= 15 is 0 Å². The fourth-order valence-corrected chi connectivity index (χ4v) is 4.36. The predicted octanol–water partition coefficient (Wildman–Crippen LogP) is 4.91. The number of amides is 2. The average molecular weight is 475 g/mol. The molecule has 0 bridgehead atoms. The summed E-state index contributed by atoms with van der Waals surface area (Å²) in [7, 11) is 0. The van der Waals surface area contributed by atoms with Gasteiger partial charge >= 0.3 is 18.8 Å². The quantitative estimate of drug-likeness (QED) is 0.618. The molecule has 3 unspecified atom stereocenters. The second-order valence-electron chi connectivity index (χ2n) is 7.80. The molecule has 2 amide bonds. The number of rotatable bonds is 4. The Morgan fingerprint density at radius 2 is 1.42 bits per heavy atom. The molecule has 2 aliphatic rings. The zero-order valence-electron chi connectivity index (χ0n) is 16.9. The third-order valence-corrected chi connectivity index (χ3v) is 5.62. The van der Waals surface area contributed by atoms with E-state index in [1.807, 2.05) is 0 Å². The van der Waals surface area contributed by atoms with E-state index in [4.69, 9.17) is 0 Å². The van der Waals surface area contributed by atoms with Gasteiger partial charge in [-0.15, -0.1) is 26.3 Å². The van der Waals surface area contributed by atoms with Crippen molar-refractivity contribution in [1.29, 1.82) is 0 Å². The van der Waals surface area contributed by atoms with Gasteiger partial charge in [-0.05, 0) is 47.9 Å². The summed E-state index contributed by atoms with van der Waals surface area (Å²) in [6, 6.07) is 9.29. The normalized spacial score (nSPS) is 22.7. The smallest absolute Gasteiger partial charge is 0.406 e. The third-order valence-electron chi connectivity index (χ3n) is 5.62. The van der Waals surface area contributed by atoms with Crippen LogP contribution in [0.3, 0.4) is 0 Å². The van der Waals surface area contributed by atoms with Crippen molar-refractivity contribution in [2.24, 2.45) is 11.8 Å². The van der Waals surface area contributed by atoms with Gasteiger partial charge in [-0.1, -0.05) is 12.1 Å². The van der Waals surface area contributed by atoms with Crippen molar-refractivity contribution >= 4 is 11.7 Å². The summed E-state index contributed by atoms with van der Waals surface area (Å²) in [5, 5.41) is 5.92. The van der Waals surface area contributed by atoms with E-state index in [1.165, 1.54) is 36.4 Å². The van der Waals surface area contributed by atoms with Crippen molar-refractivity contribution in [2.45, 2.75) is 18.8 Å². The minimum Gasteiger partial charge on any atom is -0.406 e. The standard InChI is InChI=1S/C21H19F6N3O3/c22-20(23,24)32-15-5-1-12(2-6-15)18-17-10-28-9-13(17)11-30(18)19(31)29-14-3-7-16(8-4-14)33-21(25,26)27/h1-8,13,17-18,28H,9-11H2,(H,29,31). The number of carbonyl (C=O) groups excluding carboxylic acids is 1. The Morgan fingerprint density at radius 1 is 0.879 bits per heavy atom. The van der Waals surface area contributed by atoms with Crippen molar-refractivity contribution in [3.8, 4) is 11.5 Å². The number of hydrogen-bond donors (Lipinski definition) is 2. The highest BCUT2D eigenvalue weighted by Crippen LogP contribution is 2.43. The topological polar surface area (TPSA) is 62.8 Å². The molecule has 2 N–H and O–H groups in total. The molecule has 2 aliphatic heterocycles. The number of carbonyl (C=O) groups is 1. The molecule has 2 saturated heterocycles. The first-order chi connectivity index (χ1) is 15.5. The molecule has 33 heavy (non-hydrogen) atoms. The molecule has 3 atom stereocenters. The van der Waals surface area contributed by atoms with Crippen molar-refractivity contribution in [1.82, 2.24) is 10.2 Å². The maximum atomic E-state index is 13.0. The molecule has 0 aromatic heterocycles. The van der Waals surface area contributed by atoms with Gasteiger partial charge in [-0.2, -0.15) is 0 Å². The number of benzene rings is 2. The van der Waals surface area contributed by atoms with Gasteiger partial charge in [0, 0.05) is 31.2 Å². The molecule has 0 aliphatic carbocycles. The van der Waals surface area contributed by atoms with E-state index in [0.717, 1.165) is 12.1 Å². The highest BCUT2D eigenvalue weighted by molar-refractivity contribution is 5.90. The fraction of sp³-hybridized carbons (Fsp3) is 0.381. The first-order valence-electron chi connectivity index (χ1n) is 9.98. The molecule has 178 valence electrons. The monoisotopic (exact) mass is 475 g/mol. The zero-order chi connectivity index (χ0) is 23.8. The van der Waals surface area contributed by atoms with Crippen LogP contribution in [0.15, 0.2) is 48.5 Å². The molecule has 2 aromatic rings. The molecule has 12 heteroatoms. The SMILES string of the molecule is O=C(Nc1ccc(OC(F)(F)F)cc1)N1CC2CNCC2C1c1ccc(OC(F)(F)F)cc1. The van der Waals surface area contributed by atoms with Crippen LogP contribution in [0.4, 0.5) is 36.8 Å². The molecule has 0 spiro atoms. The molecule has 2 fully saturated rings. The van der Waals surface area contributed by atoms with Gasteiger partial charge in [0.25, 0.3) is 0 Å². The molecule has 2 aromatic carbocycles. The highest BCUT2D eigenvalue weighted by Gasteiger charge is 2.47. The van der Waals surface area contributed by atoms with E-state index < -0.39 is 30.5 Å². The van der Waals surface area contributed by atoms with Gasteiger partial charge in [-0.3, -0.25) is 0 Å². The summed E-state index contributed by atoms with van der Waals surface area (Å²) in [6.07, 6.45) is -9.62. The molecule has 0 radical (unpaired) electrons. The number of hydrogen-bond acceptors (Lipinski definition) is 4. The van der Waals surface area contributed by atoms with E-state index in [9.17, 15) is 31.1 Å². The van der Waals surface area contributed by atoms with E-state index in [1.54, 1.807) is 4.90 Å². The summed E-state index contributed by atoms with van der Waals surface area (Å²) in [6.45, 7) is 1.76. The molecule has 0 saturated carbocycles. The summed E-state index contributed by atoms with van der Waals surface area (Å²) >= 11 is 0. The van der Waals surface area contributed by atoms with Crippen molar-refractivity contribution < 1.29 is 40.6 Å². The zero-order valence-corrected chi connectivity index (χ0v) is 16.9. The Labute approximate surface area is 184 Å². The number of halogens is 6. The third kappa shape index (κ3) is 5.62. The van der Waals surface area contributed by atoms with Crippen LogP contribution < -0.4 is 20.1 Å². The molecular weight excluding hydrogens is 456 g/mol. The van der Waals surface area contributed by atoms with Gasteiger partial charge in [0.2, 0.25) is 0 Å². The van der Waals surface area contributed by atoms with Crippen LogP contribution >= 0.6 is 0 Å². The first kappa shape index (κ1) is 23.0. The molecular formula is C21H19F6N3O3. The Kier molecular flexibility index (Phi) is 6.04. The Morgan fingerprint density at radius 3 is 1.97 bits per heavy atom. The van der Waals surface area contributed by atoms with Crippen LogP contribution in [0, 0.1) is 11.8 Å². The highest BCUT2D eigenvalue weighted by atomic mass is 19.4. The lowest BCUT2D eigenvalue weighted by atomic mass is 9.89. The molecule has 4 rings (SSSR count). The first-order valence-corrected chi connectivity index (χ1v) is 9.98. The number of alkyl halides is 6.